The molecule has 0 aliphatic carbocycles. The first kappa shape index (κ1) is 51.3. The zero-order valence-electron chi connectivity index (χ0n) is 35.5. The zero-order valence-corrected chi connectivity index (χ0v) is 35.5. The van der Waals surface area contributed by atoms with Gasteiger partial charge in [0.15, 0.2) is 6.10 Å². The molecule has 0 bridgehead atoms. The third-order valence-electron chi connectivity index (χ3n) is 9.26. The summed E-state index contributed by atoms with van der Waals surface area (Å²) in [5.41, 5.74) is 0. The molecule has 0 aliphatic rings. The minimum absolute atomic E-state index is 0.0273. The second-order valence-electron chi connectivity index (χ2n) is 14.6. The van der Waals surface area contributed by atoms with Crippen LogP contribution in [0.4, 0.5) is 0 Å². The highest BCUT2D eigenvalue weighted by Gasteiger charge is 2.17. The summed E-state index contributed by atoms with van der Waals surface area (Å²) in [5, 5.41) is 0. The molecule has 0 rings (SSSR count). The van der Waals surface area contributed by atoms with Crippen LogP contribution < -0.4 is 0 Å². The highest BCUT2D eigenvalue weighted by Crippen LogP contribution is 2.13. The number of unbranched alkanes of at least 4 members (excludes halogenated alkanes) is 18. The zero-order chi connectivity index (χ0) is 39.3. The van der Waals surface area contributed by atoms with E-state index < -0.39 is 6.10 Å². The van der Waals surface area contributed by atoms with Gasteiger partial charge in [0.1, 0.15) is 6.61 Å². The number of hydrogen-bond donors (Lipinski definition) is 0. The second-order valence-corrected chi connectivity index (χ2v) is 14.6. The molecule has 0 saturated carbocycles. The Hall–Kier alpha value is -2.66. The molecule has 1 atom stereocenters. The van der Waals surface area contributed by atoms with Gasteiger partial charge < -0.3 is 14.2 Å². The quantitative estimate of drug-likeness (QED) is 0.0354. The lowest BCUT2D eigenvalue weighted by Gasteiger charge is -2.18. The summed E-state index contributed by atoms with van der Waals surface area (Å²) in [6.45, 7) is 7.56. The van der Waals surface area contributed by atoms with Gasteiger partial charge in [-0.05, 0) is 64.2 Å². The molecule has 0 aromatic heterocycles. The van der Waals surface area contributed by atoms with Crippen LogP contribution >= 0.6 is 0 Å². The van der Waals surface area contributed by atoms with Crippen LogP contribution in [0.5, 0.6) is 0 Å². The molecule has 1 unspecified atom stereocenters. The van der Waals surface area contributed by atoms with E-state index in [4.69, 9.17) is 14.2 Å². The molecule has 5 nitrogen and oxygen atoms in total. The smallest absolute Gasteiger partial charge is 0.309 e. The molecule has 0 spiro atoms. The SMILES string of the molecule is CC/C=C\C/C=C\C/C=C\C/C=C\C/C=C\CC(=O)OCC(COCCCCCCCCCCCCCC)OC(=O)CCCCCCC/C=C\CCCC. The largest absolute Gasteiger partial charge is 0.461 e. The highest BCUT2D eigenvalue weighted by molar-refractivity contribution is 5.71. The normalized spacial score (nSPS) is 12.9. The molecule has 0 heterocycles. The van der Waals surface area contributed by atoms with Crippen molar-refractivity contribution in [3.05, 3.63) is 72.9 Å². The van der Waals surface area contributed by atoms with Crippen molar-refractivity contribution < 1.29 is 23.8 Å². The van der Waals surface area contributed by atoms with Gasteiger partial charge >= 0.3 is 11.9 Å². The third kappa shape index (κ3) is 42.1. The lowest BCUT2D eigenvalue weighted by molar-refractivity contribution is -0.162. The van der Waals surface area contributed by atoms with Crippen LogP contribution in [-0.4, -0.2) is 37.9 Å². The molecule has 54 heavy (non-hydrogen) atoms. The third-order valence-corrected chi connectivity index (χ3v) is 9.26. The first-order chi connectivity index (χ1) is 26.6. The maximum absolute atomic E-state index is 12.7. The fourth-order valence-corrected chi connectivity index (χ4v) is 5.92. The van der Waals surface area contributed by atoms with Gasteiger partial charge in [-0.1, -0.05) is 196 Å². The van der Waals surface area contributed by atoms with Crippen molar-refractivity contribution in [2.45, 2.75) is 207 Å². The van der Waals surface area contributed by atoms with Gasteiger partial charge in [0, 0.05) is 13.0 Å². The van der Waals surface area contributed by atoms with E-state index in [0.29, 0.717) is 13.0 Å². The maximum Gasteiger partial charge on any atom is 0.309 e. The van der Waals surface area contributed by atoms with Gasteiger partial charge in [-0.3, -0.25) is 9.59 Å². The highest BCUT2D eigenvalue weighted by atomic mass is 16.6. The minimum Gasteiger partial charge on any atom is -0.461 e. The van der Waals surface area contributed by atoms with Gasteiger partial charge in [0.25, 0.3) is 0 Å². The summed E-state index contributed by atoms with van der Waals surface area (Å²) in [7, 11) is 0. The van der Waals surface area contributed by atoms with E-state index in [1.54, 1.807) is 0 Å². The fraction of sp³-hybridized carbons (Fsp3) is 0.714. The number of esters is 2. The Labute approximate surface area is 334 Å². The van der Waals surface area contributed by atoms with Gasteiger partial charge in [-0.25, -0.2) is 0 Å². The molecule has 0 amide bonds. The summed E-state index contributed by atoms with van der Waals surface area (Å²) in [4.78, 5) is 25.1. The Balaban J connectivity index is 4.39. The van der Waals surface area contributed by atoms with Crippen molar-refractivity contribution in [3.63, 3.8) is 0 Å². The van der Waals surface area contributed by atoms with Crippen molar-refractivity contribution >= 4 is 11.9 Å². The summed E-state index contributed by atoms with van der Waals surface area (Å²) in [5.74, 6) is -0.555. The Morgan fingerprint density at radius 1 is 0.444 bits per heavy atom. The van der Waals surface area contributed by atoms with Crippen LogP contribution in [-0.2, 0) is 23.8 Å². The van der Waals surface area contributed by atoms with Crippen molar-refractivity contribution in [2.75, 3.05) is 19.8 Å². The molecule has 0 fully saturated rings. The molecular formula is C49H84O5. The summed E-state index contributed by atoms with van der Waals surface area (Å²) in [6, 6.07) is 0. The Kier molecular flexibility index (Phi) is 42.5. The predicted molar refractivity (Wildman–Crippen MR) is 233 cm³/mol. The summed E-state index contributed by atoms with van der Waals surface area (Å²) >= 11 is 0. The van der Waals surface area contributed by atoms with Crippen LogP contribution in [0.25, 0.3) is 0 Å². The summed E-state index contributed by atoms with van der Waals surface area (Å²) in [6.07, 6.45) is 56.3. The molecule has 0 aliphatic heterocycles. The molecule has 0 N–H and O–H groups in total. The number of carbonyl (C=O) groups is 2. The van der Waals surface area contributed by atoms with Crippen molar-refractivity contribution in [2.24, 2.45) is 0 Å². The molecular weight excluding hydrogens is 669 g/mol. The van der Waals surface area contributed by atoms with Crippen LogP contribution in [0, 0.1) is 0 Å². The molecule has 0 aromatic carbocycles. The Morgan fingerprint density at radius 2 is 0.907 bits per heavy atom. The lowest BCUT2D eigenvalue weighted by Crippen LogP contribution is -2.30. The van der Waals surface area contributed by atoms with E-state index in [0.717, 1.165) is 70.6 Å². The number of rotatable bonds is 40. The van der Waals surface area contributed by atoms with E-state index >= 15 is 0 Å². The molecule has 0 saturated heterocycles. The predicted octanol–water partition coefficient (Wildman–Crippen LogP) is 14.8. The maximum atomic E-state index is 12.7. The Morgan fingerprint density at radius 3 is 1.46 bits per heavy atom. The molecule has 310 valence electrons. The first-order valence-corrected chi connectivity index (χ1v) is 22.5. The van der Waals surface area contributed by atoms with E-state index in [9.17, 15) is 9.59 Å². The molecule has 5 heteroatoms. The van der Waals surface area contributed by atoms with E-state index in [2.05, 4.69) is 81.5 Å². The van der Waals surface area contributed by atoms with Crippen LogP contribution in [0.1, 0.15) is 201 Å². The van der Waals surface area contributed by atoms with Crippen molar-refractivity contribution in [3.8, 4) is 0 Å². The fourth-order valence-electron chi connectivity index (χ4n) is 5.92. The van der Waals surface area contributed by atoms with Crippen molar-refractivity contribution in [1.29, 1.82) is 0 Å². The van der Waals surface area contributed by atoms with Crippen LogP contribution in [0.2, 0.25) is 0 Å². The average molecular weight is 753 g/mol. The van der Waals surface area contributed by atoms with Crippen molar-refractivity contribution in [1.82, 2.24) is 0 Å². The van der Waals surface area contributed by atoms with Gasteiger partial charge in [-0.2, -0.15) is 0 Å². The minimum atomic E-state index is -0.577. The number of hydrogen-bond acceptors (Lipinski definition) is 5. The van der Waals surface area contributed by atoms with E-state index in [-0.39, 0.29) is 31.6 Å². The molecule has 0 aromatic rings. The van der Waals surface area contributed by atoms with Crippen LogP contribution in [0.15, 0.2) is 72.9 Å². The standard InChI is InChI=1S/C49H84O5/c1-4-7-10-13-16-19-22-24-25-26-28-30-33-36-39-42-48(50)53-46-47(45-52-44-41-38-35-32-29-23-20-17-14-11-8-5-2)54-49(51)43-40-37-34-31-27-21-18-15-12-9-6-3/h7,10,15-16,18-19,24-25,28,30,36,39,47H,4-6,8-9,11-14,17,20-23,26-27,29,31-35,37-38,40-46H2,1-3H3/b10-7-,18-15-,19-16-,25-24-,30-28-,39-36-. The van der Waals surface area contributed by atoms with Crippen LogP contribution in [0.3, 0.4) is 0 Å². The number of allylic oxidation sites excluding steroid dienone is 11. The van der Waals surface area contributed by atoms with Gasteiger partial charge in [0.05, 0.1) is 13.0 Å². The monoisotopic (exact) mass is 753 g/mol. The first-order valence-electron chi connectivity index (χ1n) is 22.5. The Bertz CT molecular complexity index is 988. The van der Waals surface area contributed by atoms with Gasteiger partial charge in [-0.15, -0.1) is 0 Å². The number of ether oxygens (including phenoxy) is 3. The topological polar surface area (TPSA) is 61.8 Å². The van der Waals surface area contributed by atoms with Gasteiger partial charge in [0.2, 0.25) is 0 Å². The number of carbonyl (C=O) groups excluding carboxylic acids is 2. The van der Waals surface area contributed by atoms with E-state index in [1.165, 1.54) is 96.3 Å². The lowest BCUT2D eigenvalue weighted by atomic mass is 10.1. The summed E-state index contributed by atoms with van der Waals surface area (Å²) < 4.78 is 17.2. The average Bonchev–Trinajstić information content (AvgIpc) is 3.17. The molecule has 0 radical (unpaired) electrons. The second kappa shape index (κ2) is 44.7. The van der Waals surface area contributed by atoms with E-state index in [1.807, 2.05) is 12.2 Å².